The van der Waals surface area contributed by atoms with E-state index in [2.05, 4.69) is 20.6 Å². The molecule has 0 aliphatic heterocycles. The zero-order valence-corrected chi connectivity index (χ0v) is 14.8. The van der Waals surface area contributed by atoms with E-state index in [0.717, 1.165) is 0 Å². The lowest BCUT2D eigenvalue weighted by atomic mass is 10.2. The van der Waals surface area contributed by atoms with Crippen molar-refractivity contribution < 1.29 is 14.3 Å². The van der Waals surface area contributed by atoms with Crippen LogP contribution in [-0.2, 0) is 4.79 Å². The van der Waals surface area contributed by atoms with Gasteiger partial charge >= 0.3 is 0 Å². The number of nitrogens with one attached hydrogen (secondary N) is 1. The third-order valence-corrected chi connectivity index (χ3v) is 4.30. The van der Waals surface area contributed by atoms with Gasteiger partial charge in [0.15, 0.2) is 11.5 Å². The standard InChI is InChI=1S/C16H17N5O3S/c1-10-18-19-14-4-5-16(20-21(10)14)25-9-15(22)17-11-6-12(23-2)8-13(7-11)24-3/h4-8H,9H2,1-3H3,(H,17,22). The molecule has 0 spiro atoms. The molecule has 25 heavy (non-hydrogen) atoms. The van der Waals surface area contributed by atoms with Crippen LogP contribution >= 0.6 is 11.8 Å². The van der Waals surface area contributed by atoms with E-state index in [1.54, 1.807) is 36.9 Å². The molecule has 0 saturated heterocycles. The van der Waals surface area contributed by atoms with Crippen molar-refractivity contribution in [3.05, 3.63) is 36.2 Å². The first kappa shape index (κ1) is 17.0. The smallest absolute Gasteiger partial charge is 0.234 e. The quantitative estimate of drug-likeness (QED) is 0.675. The van der Waals surface area contributed by atoms with Gasteiger partial charge in [0.25, 0.3) is 0 Å². The third-order valence-electron chi connectivity index (χ3n) is 3.38. The number of amides is 1. The van der Waals surface area contributed by atoms with Crippen LogP contribution in [0.25, 0.3) is 5.65 Å². The number of carbonyl (C=O) groups is 1. The third kappa shape index (κ3) is 4.00. The molecule has 0 saturated carbocycles. The molecule has 9 heteroatoms. The van der Waals surface area contributed by atoms with Crippen LogP contribution in [0.4, 0.5) is 5.69 Å². The first-order valence-corrected chi connectivity index (χ1v) is 8.42. The number of aryl methyl sites for hydroxylation is 1. The highest BCUT2D eigenvalue weighted by molar-refractivity contribution is 7.99. The Kier molecular flexibility index (Phi) is 5.03. The average molecular weight is 359 g/mol. The van der Waals surface area contributed by atoms with Crippen LogP contribution < -0.4 is 14.8 Å². The Balaban J connectivity index is 1.65. The Morgan fingerprint density at radius 1 is 1.16 bits per heavy atom. The summed E-state index contributed by atoms with van der Waals surface area (Å²) < 4.78 is 12.0. The number of methoxy groups -OCH3 is 2. The van der Waals surface area contributed by atoms with Crippen LogP contribution in [0.3, 0.4) is 0 Å². The van der Waals surface area contributed by atoms with E-state index < -0.39 is 0 Å². The van der Waals surface area contributed by atoms with Crippen molar-refractivity contribution in [1.29, 1.82) is 0 Å². The minimum Gasteiger partial charge on any atom is -0.497 e. The highest BCUT2D eigenvalue weighted by atomic mass is 32.2. The number of benzene rings is 1. The summed E-state index contributed by atoms with van der Waals surface area (Å²) in [5.74, 6) is 1.99. The maximum atomic E-state index is 12.2. The molecule has 3 aromatic rings. The maximum Gasteiger partial charge on any atom is 0.234 e. The Bertz CT molecular complexity index is 890. The second-order valence-corrected chi connectivity index (χ2v) is 6.12. The lowest BCUT2D eigenvalue weighted by Gasteiger charge is -2.09. The number of fused-ring (bicyclic) bond motifs is 1. The molecule has 1 aromatic carbocycles. The van der Waals surface area contributed by atoms with E-state index in [9.17, 15) is 4.79 Å². The van der Waals surface area contributed by atoms with E-state index >= 15 is 0 Å². The van der Waals surface area contributed by atoms with Gasteiger partial charge in [0, 0.05) is 23.9 Å². The minimum atomic E-state index is -0.150. The Labute approximate surface area is 148 Å². The largest absolute Gasteiger partial charge is 0.497 e. The summed E-state index contributed by atoms with van der Waals surface area (Å²) in [6.45, 7) is 1.82. The number of thioether (sulfide) groups is 1. The van der Waals surface area contributed by atoms with E-state index in [1.165, 1.54) is 11.8 Å². The molecule has 2 aromatic heterocycles. The summed E-state index contributed by atoms with van der Waals surface area (Å²) in [5, 5.41) is 15.9. The molecule has 130 valence electrons. The van der Waals surface area contributed by atoms with Gasteiger partial charge in [0.05, 0.1) is 20.0 Å². The summed E-state index contributed by atoms with van der Waals surface area (Å²) in [6, 6.07) is 8.84. The molecule has 1 N–H and O–H groups in total. The van der Waals surface area contributed by atoms with Gasteiger partial charge in [-0.05, 0) is 19.1 Å². The molecule has 0 radical (unpaired) electrons. The molecule has 0 bridgehead atoms. The number of hydrogen-bond donors (Lipinski definition) is 1. The number of carbonyl (C=O) groups excluding carboxylic acids is 1. The van der Waals surface area contributed by atoms with Crippen LogP contribution in [0, 0.1) is 6.92 Å². The van der Waals surface area contributed by atoms with Crippen molar-refractivity contribution in [3.8, 4) is 11.5 Å². The first-order valence-electron chi connectivity index (χ1n) is 7.44. The monoisotopic (exact) mass is 359 g/mol. The lowest BCUT2D eigenvalue weighted by Crippen LogP contribution is -2.14. The van der Waals surface area contributed by atoms with Crippen molar-refractivity contribution in [2.24, 2.45) is 0 Å². The molecule has 0 aliphatic rings. The van der Waals surface area contributed by atoms with Gasteiger partial charge in [-0.1, -0.05) is 11.8 Å². The fourth-order valence-electron chi connectivity index (χ4n) is 2.17. The highest BCUT2D eigenvalue weighted by Gasteiger charge is 2.09. The van der Waals surface area contributed by atoms with Gasteiger partial charge in [0.2, 0.25) is 5.91 Å². The molecule has 8 nitrogen and oxygen atoms in total. The summed E-state index contributed by atoms with van der Waals surface area (Å²) >= 11 is 1.33. The Morgan fingerprint density at radius 2 is 1.88 bits per heavy atom. The summed E-state index contributed by atoms with van der Waals surface area (Å²) in [5.41, 5.74) is 1.29. The van der Waals surface area contributed by atoms with Gasteiger partial charge < -0.3 is 14.8 Å². The van der Waals surface area contributed by atoms with Crippen LogP contribution in [0.2, 0.25) is 0 Å². The molecular formula is C16H17N5O3S. The zero-order valence-electron chi connectivity index (χ0n) is 14.0. The maximum absolute atomic E-state index is 12.2. The van der Waals surface area contributed by atoms with E-state index in [0.29, 0.717) is 33.7 Å². The second kappa shape index (κ2) is 7.39. The summed E-state index contributed by atoms with van der Waals surface area (Å²) in [6.07, 6.45) is 0. The minimum absolute atomic E-state index is 0.150. The van der Waals surface area contributed by atoms with Crippen LogP contribution in [-0.4, -0.2) is 45.7 Å². The van der Waals surface area contributed by atoms with Crippen molar-refractivity contribution >= 4 is 29.0 Å². The number of rotatable bonds is 6. The molecule has 0 fully saturated rings. The number of aromatic nitrogens is 4. The summed E-state index contributed by atoms with van der Waals surface area (Å²) in [7, 11) is 3.12. The Morgan fingerprint density at radius 3 is 2.56 bits per heavy atom. The number of hydrogen-bond acceptors (Lipinski definition) is 7. The van der Waals surface area contributed by atoms with Crippen LogP contribution in [0.5, 0.6) is 11.5 Å². The van der Waals surface area contributed by atoms with Gasteiger partial charge in [0.1, 0.15) is 16.5 Å². The van der Waals surface area contributed by atoms with E-state index in [1.807, 2.05) is 19.1 Å². The number of anilines is 1. The SMILES string of the molecule is COc1cc(NC(=O)CSc2ccc3nnc(C)n3n2)cc(OC)c1. The molecular weight excluding hydrogens is 342 g/mol. The van der Waals surface area contributed by atoms with Crippen molar-refractivity contribution in [2.45, 2.75) is 11.9 Å². The summed E-state index contributed by atoms with van der Waals surface area (Å²) in [4.78, 5) is 12.2. The molecule has 3 rings (SSSR count). The van der Waals surface area contributed by atoms with Gasteiger partial charge in [-0.3, -0.25) is 4.79 Å². The number of nitrogens with zero attached hydrogens (tertiary/aromatic N) is 4. The Hall–Kier alpha value is -2.81. The van der Waals surface area contributed by atoms with Crippen LogP contribution in [0.1, 0.15) is 5.82 Å². The lowest BCUT2D eigenvalue weighted by molar-refractivity contribution is -0.113. The first-order chi connectivity index (χ1) is 12.1. The highest BCUT2D eigenvalue weighted by Crippen LogP contribution is 2.26. The normalized spacial score (nSPS) is 10.7. The predicted octanol–water partition coefficient (Wildman–Crippen LogP) is 2.18. The van der Waals surface area contributed by atoms with Gasteiger partial charge in [-0.15, -0.1) is 10.2 Å². The fraction of sp³-hybridized carbons (Fsp3) is 0.250. The van der Waals surface area contributed by atoms with Crippen LogP contribution in [0.15, 0.2) is 35.4 Å². The fourth-order valence-corrected chi connectivity index (χ4v) is 2.83. The van der Waals surface area contributed by atoms with Crippen molar-refractivity contribution in [2.75, 3.05) is 25.3 Å². The number of ether oxygens (including phenoxy) is 2. The molecule has 1 amide bonds. The van der Waals surface area contributed by atoms with Crippen molar-refractivity contribution in [3.63, 3.8) is 0 Å². The van der Waals surface area contributed by atoms with E-state index in [-0.39, 0.29) is 11.7 Å². The molecule has 0 unspecified atom stereocenters. The molecule has 2 heterocycles. The van der Waals surface area contributed by atoms with E-state index in [4.69, 9.17) is 9.47 Å². The topological polar surface area (TPSA) is 90.6 Å². The van der Waals surface area contributed by atoms with Gasteiger partial charge in [-0.25, -0.2) is 0 Å². The van der Waals surface area contributed by atoms with Crippen molar-refractivity contribution in [1.82, 2.24) is 19.8 Å². The zero-order chi connectivity index (χ0) is 17.8. The molecule has 0 atom stereocenters. The predicted molar refractivity (Wildman–Crippen MR) is 94.4 cm³/mol. The molecule has 0 aliphatic carbocycles. The second-order valence-electron chi connectivity index (χ2n) is 5.13. The van der Waals surface area contributed by atoms with Gasteiger partial charge in [-0.2, -0.15) is 9.61 Å². The average Bonchev–Trinajstić information content (AvgIpc) is 3.00.